The predicted octanol–water partition coefficient (Wildman–Crippen LogP) is 1.49. The maximum atomic E-state index is 12.2. The van der Waals surface area contributed by atoms with Crippen molar-refractivity contribution in [3.63, 3.8) is 0 Å². The first-order valence-corrected chi connectivity index (χ1v) is 4.45. The summed E-state index contributed by atoms with van der Waals surface area (Å²) in [5.41, 5.74) is 0.738. The Morgan fingerprint density at radius 3 is 2.92 bits per heavy atom. The molecule has 0 aliphatic carbocycles. The van der Waals surface area contributed by atoms with Gasteiger partial charge in [0.2, 0.25) is 0 Å². The molecular formula is C9H15ClFNO. The highest BCUT2D eigenvalue weighted by molar-refractivity contribution is 5.85. The van der Waals surface area contributed by atoms with Crippen molar-refractivity contribution in [2.45, 2.75) is 24.8 Å². The van der Waals surface area contributed by atoms with E-state index in [4.69, 9.17) is 0 Å². The van der Waals surface area contributed by atoms with E-state index in [0.717, 1.165) is 37.9 Å². The molecule has 2 aliphatic heterocycles. The van der Waals surface area contributed by atoms with Crippen LogP contribution in [0.15, 0.2) is 11.9 Å². The van der Waals surface area contributed by atoms with E-state index in [0.29, 0.717) is 6.33 Å². The second-order valence-electron chi connectivity index (χ2n) is 3.85. The van der Waals surface area contributed by atoms with Crippen molar-refractivity contribution in [3.8, 4) is 0 Å². The molecule has 0 amide bonds. The first-order valence-electron chi connectivity index (χ1n) is 4.45. The minimum absolute atomic E-state index is 0. The number of fused-ring (bicyclic) bond motifs is 1. The standard InChI is InChI=1S/C9H14FNO.ClH/c10-5-8-4-9(7-12)2-1-3-11(9)6-8;/h5,12H,1-4,6-7H2;1H/b8-5-;/t9-;/m0./s1. The van der Waals surface area contributed by atoms with Gasteiger partial charge in [-0.2, -0.15) is 0 Å². The Labute approximate surface area is 83.8 Å². The second-order valence-corrected chi connectivity index (χ2v) is 3.85. The summed E-state index contributed by atoms with van der Waals surface area (Å²) < 4.78 is 12.2. The average molecular weight is 208 g/mol. The zero-order chi connectivity index (χ0) is 8.60. The molecule has 0 aromatic heterocycles. The molecule has 0 aromatic rings. The largest absolute Gasteiger partial charge is 0.394 e. The maximum absolute atomic E-state index is 12.2. The Morgan fingerprint density at radius 2 is 2.38 bits per heavy atom. The van der Waals surface area contributed by atoms with Gasteiger partial charge in [0.05, 0.1) is 12.9 Å². The van der Waals surface area contributed by atoms with Gasteiger partial charge < -0.3 is 5.11 Å². The van der Waals surface area contributed by atoms with Gasteiger partial charge in [-0.05, 0) is 31.4 Å². The van der Waals surface area contributed by atoms with Gasteiger partial charge >= 0.3 is 0 Å². The molecular weight excluding hydrogens is 193 g/mol. The Hall–Kier alpha value is -0.120. The van der Waals surface area contributed by atoms with Crippen molar-refractivity contribution in [2.75, 3.05) is 19.7 Å². The zero-order valence-corrected chi connectivity index (χ0v) is 8.32. The second kappa shape index (κ2) is 3.95. The fourth-order valence-corrected chi connectivity index (χ4v) is 2.47. The monoisotopic (exact) mass is 207 g/mol. The van der Waals surface area contributed by atoms with E-state index < -0.39 is 0 Å². The lowest BCUT2D eigenvalue weighted by Gasteiger charge is -2.28. The van der Waals surface area contributed by atoms with Crippen LogP contribution in [-0.2, 0) is 0 Å². The van der Waals surface area contributed by atoms with Crippen LogP contribution in [0.2, 0.25) is 0 Å². The summed E-state index contributed by atoms with van der Waals surface area (Å²) in [5.74, 6) is 0. The van der Waals surface area contributed by atoms with E-state index in [1.54, 1.807) is 0 Å². The molecule has 2 aliphatic rings. The molecule has 4 heteroatoms. The molecule has 0 bridgehead atoms. The first kappa shape index (κ1) is 11.0. The summed E-state index contributed by atoms with van der Waals surface area (Å²) in [4.78, 5) is 2.21. The van der Waals surface area contributed by atoms with E-state index >= 15 is 0 Å². The van der Waals surface area contributed by atoms with Crippen molar-refractivity contribution >= 4 is 12.4 Å². The normalized spacial score (nSPS) is 36.3. The van der Waals surface area contributed by atoms with Crippen LogP contribution in [0.1, 0.15) is 19.3 Å². The number of halogens is 2. The number of rotatable bonds is 1. The van der Waals surface area contributed by atoms with Crippen molar-refractivity contribution in [1.29, 1.82) is 0 Å². The summed E-state index contributed by atoms with van der Waals surface area (Å²) in [7, 11) is 0. The quantitative estimate of drug-likeness (QED) is 0.705. The van der Waals surface area contributed by atoms with Crippen LogP contribution in [0.4, 0.5) is 4.39 Å². The number of hydrogen-bond acceptors (Lipinski definition) is 2. The first-order chi connectivity index (χ1) is 5.80. The number of hydrogen-bond donors (Lipinski definition) is 1. The molecule has 2 fully saturated rings. The van der Waals surface area contributed by atoms with Crippen LogP contribution >= 0.6 is 12.4 Å². The van der Waals surface area contributed by atoms with Crippen molar-refractivity contribution < 1.29 is 9.50 Å². The van der Waals surface area contributed by atoms with Crippen LogP contribution in [-0.4, -0.2) is 35.2 Å². The van der Waals surface area contributed by atoms with Gasteiger partial charge in [0.15, 0.2) is 0 Å². The van der Waals surface area contributed by atoms with Crippen molar-refractivity contribution in [1.82, 2.24) is 4.90 Å². The summed E-state index contributed by atoms with van der Waals surface area (Å²) in [5, 5.41) is 9.25. The molecule has 1 N–H and O–H groups in total. The number of nitrogens with zero attached hydrogens (tertiary/aromatic N) is 1. The lowest BCUT2D eigenvalue weighted by molar-refractivity contribution is 0.1000. The molecule has 2 nitrogen and oxygen atoms in total. The SMILES string of the molecule is Cl.OC[C@@]12CCCN1C/C(=C\F)C2. The van der Waals surface area contributed by atoms with E-state index in [-0.39, 0.29) is 24.6 Å². The molecule has 0 spiro atoms. The minimum Gasteiger partial charge on any atom is -0.394 e. The Balaban J connectivity index is 0.000000845. The average Bonchev–Trinajstić information content (AvgIpc) is 2.58. The van der Waals surface area contributed by atoms with Crippen molar-refractivity contribution in [2.24, 2.45) is 0 Å². The van der Waals surface area contributed by atoms with Gasteiger partial charge in [-0.25, -0.2) is 4.39 Å². The zero-order valence-electron chi connectivity index (χ0n) is 7.50. The number of aliphatic hydroxyl groups is 1. The molecule has 0 aromatic carbocycles. The van der Waals surface area contributed by atoms with E-state index in [2.05, 4.69) is 4.90 Å². The third-order valence-corrected chi connectivity index (χ3v) is 3.14. The van der Waals surface area contributed by atoms with Gasteiger partial charge in [0.25, 0.3) is 0 Å². The van der Waals surface area contributed by atoms with Gasteiger partial charge in [-0.15, -0.1) is 12.4 Å². The van der Waals surface area contributed by atoms with Gasteiger partial charge in [-0.3, -0.25) is 4.90 Å². The third-order valence-electron chi connectivity index (χ3n) is 3.14. The minimum atomic E-state index is -0.0993. The van der Waals surface area contributed by atoms with E-state index in [1.165, 1.54) is 0 Å². The molecule has 2 heterocycles. The molecule has 0 unspecified atom stereocenters. The fraction of sp³-hybridized carbons (Fsp3) is 0.778. The Morgan fingerprint density at radius 1 is 1.62 bits per heavy atom. The highest BCUT2D eigenvalue weighted by Crippen LogP contribution is 2.40. The topological polar surface area (TPSA) is 23.5 Å². The molecule has 76 valence electrons. The maximum Gasteiger partial charge on any atom is 0.0872 e. The summed E-state index contributed by atoms with van der Waals surface area (Å²) >= 11 is 0. The van der Waals surface area contributed by atoms with Gasteiger partial charge in [-0.1, -0.05) is 0 Å². The fourth-order valence-electron chi connectivity index (χ4n) is 2.47. The molecule has 1 atom stereocenters. The van der Waals surface area contributed by atoms with Crippen LogP contribution < -0.4 is 0 Å². The van der Waals surface area contributed by atoms with Crippen molar-refractivity contribution in [3.05, 3.63) is 11.9 Å². The lowest BCUT2D eigenvalue weighted by atomic mass is 9.94. The summed E-state index contributed by atoms with van der Waals surface area (Å²) in [6.07, 6.45) is 3.58. The molecule has 2 rings (SSSR count). The molecule has 0 radical (unpaired) electrons. The van der Waals surface area contributed by atoms with Crippen LogP contribution in [0.3, 0.4) is 0 Å². The third kappa shape index (κ3) is 1.60. The predicted molar refractivity (Wildman–Crippen MR) is 51.7 cm³/mol. The van der Waals surface area contributed by atoms with Crippen LogP contribution in [0.25, 0.3) is 0 Å². The van der Waals surface area contributed by atoms with Gasteiger partial charge in [0, 0.05) is 12.1 Å². The molecule has 0 saturated carbocycles. The van der Waals surface area contributed by atoms with Crippen LogP contribution in [0, 0.1) is 0 Å². The summed E-state index contributed by atoms with van der Waals surface area (Å²) in [6.45, 7) is 1.90. The highest BCUT2D eigenvalue weighted by atomic mass is 35.5. The Bertz CT molecular complexity index is 222. The smallest absolute Gasteiger partial charge is 0.0872 e. The Kier molecular flexibility index (Phi) is 3.33. The summed E-state index contributed by atoms with van der Waals surface area (Å²) in [6, 6.07) is 0. The van der Waals surface area contributed by atoms with Gasteiger partial charge in [0.1, 0.15) is 0 Å². The highest BCUT2D eigenvalue weighted by Gasteiger charge is 2.45. The molecule has 13 heavy (non-hydrogen) atoms. The van der Waals surface area contributed by atoms with E-state index in [9.17, 15) is 9.50 Å². The number of aliphatic hydroxyl groups excluding tert-OH is 1. The van der Waals surface area contributed by atoms with E-state index in [1.807, 2.05) is 0 Å². The lowest BCUT2D eigenvalue weighted by Crippen LogP contribution is -2.41. The molecule has 2 saturated heterocycles. The van der Waals surface area contributed by atoms with Crippen LogP contribution in [0.5, 0.6) is 0 Å².